The molecule has 4 nitrogen and oxygen atoms in total. The molecule has 0 aromatic heterocycles. The van der Waals surface area contributed by atoms with Gasteiger partial charge in [0, 0.05) is 31.3 Å². The number of methoxy groups -OCH3 is 1. The number of hydrogen-bond acceptors (Lipinski definition) is 3. The molecule has 1 N–H and O–H groups in total. The highest BCUT2D eigenvalue weighted by atomic mass is 79.9. The summed E-state index contributed by atoms with van der Waals surface area (Å²) >= 11 is 3.51. The van der Waals surface area contributed by atoms with Crippen LogP contribution in [0.5, 0.6) is 0 Å². The van der Waals surface area contributed by atoms with Crippen LogP contribution in [-0.4, -0.2) is 44.7 Å². The molecule has 0 atom stereocenters. The largest absolute Gasteiger partial charge is 0.385 e. The average molecular weight is 329 g/mol. The number of benzene rings is 1. The van der Waals surface area contributed by atoms with Crippen LogP contribution >= 0.6 is 15.9 Å². The van der Waals surface area contributed by atoms with Crippen molar-refractivity contribution in [1.82, 2.24) is 10.2 Å². The van der Waals surface area contributed by atoms with Crippen molar-refractivity contribution < 1.29 is 9.53 Å². The lowest BCUT2D eigenvalue weighted by Crippen LogP contribution is -2.35. The highest BCUT2D eigenvalue weighted by Crippen LogP contribution is 2.16. The number of rotatable bonds is 8. The molecule has 1 rings (SSSR count). The average Bonchev–Trinajstić information content (AvgIpc) is 2.37. The van der Waals surface area contributed by atoms with Crippen LogP contribution in [-0.2, 0) is 16.1 Å². The lowest BCUT2D eigenvalue weighted by Gasteiger charge is -2.17. The normalized spacial score (nSPS) is 10.7. The van der Waals surface area contributed by atoms with Gasteiger partial charge >= 0.3 is 0 Å². The summed E-state index contributed by atoms with van der Waals surface area (Å²) < 4.78 is 6.00. The molecule has 0 fully saturated rings. The van der Waals surface area contributed by atoms with Gasteiger partial charge in [0.15, 0.2) is 0 Å². The predicted molar refractivity (Wildman–Crippen MR) is 80.0 cm³/mol. The maximum Gasteiger partial charge on any atom is 0.234 e. The van der Waals surface area contributed by atoms with Crippen molar-refractivity contribution in [2.24, 2.45) is 0 Å². The van der Waals surface area contributed by atoms with Gasteiger partial charge in [-0.25, -0.2) is 0 Å². The van der Waals surface area contributed by atoms with Gasteiger partial charge in [-0.3, -0.25) is 9.69 Å². The Balaban J connectivity index is 2.29. The second kappa shape index (κ2) is 9.07. The Morgan fingerprint density at radius 3 is 2.84 bits per heavy atom. The quantitative estimate of drug-likeness (QED) is 0.742. The van der Waals surface area contributed by atoms with Crippen molar-refractivity contribution in [2.75, 3.05) is 33.9 Å². The van der Waals surface area contributed by atoms with Gasteiger partial charge in [-0.15, -0.1) is 0 Å². The van der Waals surface area contributed by atoms with Crippen molar-refractivity contribution in [3.8, 4) is 0 Å². The Hall–Kier alpha value is -0.910. The molecule has 0 bridgehead atoms. The van der Waals surface area contributed by atoms with E-state index in [-0.39, 0.29) is 5.91 Å². The molecule has 0 aliphatic heterocycles. The van der Waals surface area contributed by atoms with Gasteiger partial charge in [0.1, 0.15) is 0 Å². The van der Waals surface area contributed by atoms with Crippen LogP contribution < -0.4 is 5.32 Å². The van der Waals surface area contributed by atoms with E-state index >= 15 is 0 Å². The lowest BCUT2D eigenvalue weighted by atomic mass is 10.2. The minimum atomic E-state index is 0.0469. The zero-order valence-electron chi connectivity index (χ0n) is 11.5. The summed E-state index contributed by atoms with van der Waals surface area (Å²) in [6.45, 7) is 2.48. The van der Waals surface area contributed by atoms with Crippen molar-refractivity contribution in [3.63, 3.8) is 0 Å². The molecule has 1 aromatic carbocycles. The minimum Gasteiger partial charge on any atom is -0.385 e. The standard InChI is InChI=1S/C14H21BrN2O2/c1-17(10-12-6-3-4-7-13(12)15)11-14(18)16-8-5-9-19-2/h3-4,6-7H,5,8-11H2,1-2H3,(H,16,18). The maximum atomic E-state index is 11.7. The summed E-state index contributed by atoms with van der Waals surface area (Å²) in [4.78, 5) is 13.7. The van der Waals surface area contributed by atoms with Crippen LogP contribution in [0.2, 0.25) is 0 Å². The van der Waals surface area contributed by atoms with Gasteiger partial charge in [-0.1, -0.05) is 34.1 Å². The third-order valence-electron chi connectivity index (χ3n) is 2.66. The molecule has 5 heteroatoms. The van der Waals surface area contributed by atoms with Gasteiger partial charge in [0.05, 0.1) is 6.54 Å². The predicted octanol–water partition coefficient (Wildman–Crippen LogP) is 2.03. The molecule has 106 valence electrons. The number of carbonyl (C=O) groups is 1. The topological polar surface area (TPSA) is 41.6 Å². The fourth-order valence-corrected chi connectivity index (χ4v) is 2.13. The number of hydrogen-bond donors (Lipinski definition) is 1. The number of carbonyl (C=O) groups excluding carboxylic acids is 1. The Morgan fingerprint density at radius 1 is 1.42 bits per heavy atom. The van der Waals surface area contributed by atoms with Gasteiger partial charge in [0.2, 0.25) is 5.91 Å². The first-order chi connectivity index (χ1) is 9.13. The van der Waals surface area contributed by atoms with Crippen molar-refractivity contribution in [2.45, 2.75) is 13.0 Å². The maximum absolute atomic E-state index is 11.7. The van der Waals surface area contributed by atoms with E-state index in [4.69, 9.17) is 4.74 Å². The Morgan fingerprint density at radius 2 is 2.16 bits per heavy atom. The van der Waals surface area contributed by atoms with Gasteiger partial charge in [-0.05, 0) is 25.1 Å². The van der Waals surface area contributed by atoms with Crippen LogP contribution in [0.4, 0.5) is 0 Å². The van der Waals surface area contributed by atoms with Crippen LogP contribution in [0.1, 0.15) is 12.0 Å². The minimum absolute atomic E-state index is 0.0469. The highest BCUT2D eigenvalue weighted by molar-refractivity contribution is 9.10. The molecule has 0 unspecified atom stereocenters. The third kappa shape index (κ3) is 6.71. The summed E-state index contributed by atoms with van der Waals surface area (Å²) in [5.74, 6) is 0.0469. The van der Waals surface area contributed by atoms with Gasteiger partial charge in [0.25, 0.3) is 0 Å². The second-order valence-electron chi connectivity index (χ2n) is 4.46. The second-order valence-corrected chi connectivity index (χ2v) is 5.31. The molecular formula is C14H21BrN2O2. The van der Waals surface area contributed by atoms with E-state index in [1.807, 2.05) is 30.1 Å². The number of nitrogens with zero attached hydrogens (tertiary/aromatic N) is 1. The summed E-state index contributed by atoms with van der Waals surface area (Å²) in [6.07, 6.45) is 0.843. The molecule has 1 amide bonds. The fourth-order valence-electron chi connectivity index (χ4n) is 1.72. The molecule has 0 heterocycles. The van der Waals surface area contributed by atoms with E-state index in [2.05, 4.69) is 27.3 Å². The summed E-state index contributed by atoms with van der Waals surface area (Å²) in [5, 5.41) is 2.88. The fraction of sp³-hybridized carbons (Fsp3) is 0.500. The third-order valence-corrected chi connectivity index (χ3v) is 3.43. The van der Waals surface area contributed by atoms with E-state index in [9.17, 15) is 4.79 Å². The van der Waals surface area contributed by atoms with Crippen molar-refractivity contribution >= 4 is 21.8 Å². The molecular weight excluding hydrogens is 308 g/mol. The summed E-state index contributed by atoms with van der Waals surface area (Å²) in [6, 6.07) is 8.04. The number of ether oxygens (including phenoxy) is 1. The molecule has 0 radical (unpaired) electrons. The SMILES string of the molecule is COCCCNC(=O)CN(C)Cc1ccccc1Br. The number of nitrogens with one attached hydrogen (secondary N) is 1. The van der Waals surface area contributed by atoms with Crippen LogP contribution in [0.3, 0.4) is 0 Å². The molecule has 0 saturated carbocycles. The van der Waals surface area contributed by atoms with Crippen LogP contribution in [0, 0.1) is 0 Å². The van der Waals surface area contributed by atoms with Gasteiger partial charge in [-0.2, -0.15) is 0 Å². The van der Waals surface area contributed by atoms with Gasteiger partial charge < -0.3 is 10.1 Å². The summed E-state index contributed by atoms with van der Waals surface area (Å²) in [7, 11) is 3.60. The Bertz CT molecular complexity index is 399. The monoisotopic (exact) mass is 328 g/mol. The Kier molecular flexibility index (Phi) is 7.70. The molecule has 1 aromatic rings. The summed E-state index contributed by atoms with van der Waals surface area (Å²) in [5.41, 5.74) is 1.18. The molecule has 0 aliphatic carbocycles. The van der Waals surface area contributed by atoms with Crippen LogP contribution in [0.25, 0.3) is 0 Å². The molecule has 19 heavy (non-hydrogen) atoms. The van der Waals surface area contributed by atoms with E-state index in [0.717, 1.165) is 17.4 Å². The van der Waals surface area contributed by atoms with Crippen molar-refractivity contribution in [1.29, 1.82) is 0 Å². The smallest absolute Gasteiger partial charge is 0.234 e. The first-order valence-electron chi connectivity index (χ1n) is 6.31. The highest BCUT2D eigenvalue weighted by Gasteiger charge is 2.08. The first-order valence-corrected chi connectivity index (χ1v) is 7.10. The molecule has 0 spiro atoms. The lowest BCUT2D eigenvalue weighted by molar-refractivity contribution is -0.122. The molecule has 0 aliphatic rings. The van der Waals surface area contributed by atoms with E-state index < -0.39 is 0 Å². The zero-order valence-corrected chi connectivity index (χ0v) is 13.1. The van der Waals surface area contributed by atoms with Crippen LogP contribution in [0.15, 0.2) is 28.7 Å². The van der Waals surface area contributed by atoms with E-state index in [1.54, 1.807) is 7.11 Å². The zero-order chi connectivity index (χ0) is 14.1. The van der Waals surface area contributed by atoms with E-state index in [0.29, 0.717) is 19.7 Å². The number of likely N-dealkylation sites (N-methyl/N-ethyl adjacent to an activating group) is 1. The first kappa shape index (κ1) is 16.1. The number of halogens is 1. The number of amides is 1. The Labute approximate surface area is 123 Å². The van der Waals surface area contributed by atoms with Crippen molar-refractivity contribution in [3.05, 3.63) is 34.3 Å². The molecule has 0 saturated heterocycles. The van der Waals surface area contributed by atoms with E-state index in [1.165, 1.54) is 5.56 Å².